The number of fused-ring (bicyclic) bond motifs is 1. The minimum Gasteiger partial charge on any atom is -0.469 e. The van der Waals surface area contributed by atoms with Gasteiger partial charge in [-0.2, -0.15) is 0 Å². The fourth-order valence-electron chi connectivity index (χ4n) is 4.46. The molecule has 1 aliphatic heterocycles. The summed E-state index contributed by atoms with van der Waals surface area (Å²) in [6.45, 7) is 3.92. The molecule has 12 nitrogen and oxygen atoms in total. The van der Waals surface area contributed by atoms with E-state index < -0.39 is 29.4 Å². The molecular weight excluding hydrogens is 506 g/mol. The van der Waals surface area contributed by atoms with Crippen LogP contribution in [-0.2, 0) is 37.7 Å². The fourth-order valence-corrected chi connectivity index (χ4v) is 4.46. The van der Waals surface area contributed by atoms with E-state index in [1.165, 1.54) is 18.9 Å². The molecule has 3 atom stereocenters. The first kappa shape index (κ1) is 29.9. The predicted octanol–water partition coefficient (Wildman–Crippen LogP) is 1.29. The second kappa shape index (κ2) is 13.5. The van der Waals surface area contributed by atoms with Crippen LogP contribution in [0.4, 0.5) is 11.4 Å². The Kier molecular flexibility index (Phi) is 10.3. The molecule has 4 N–H and O–H groups in total. The van der Waals surface area contributed by atoms with Gasteiger partial charge >= 0.3 is 5.97 Å². The Morgan fingerprint density at radius 1 is 1.23 bits per heavy atom. The molecule has 0 fully saturated rings. The number of anilines is 2. The number of aryl methyl sites for hydroxylation is 1. The third-order valence-corrected chi connectivity index (χ3v) is 6.72. The lowest BCUT2D eigenvalue weighted by Crippen LogP contribution is -2.44. The zero-order valence-electron chi connectivity index (χ0n) is 22.5. The van der Waals surface area contributed by atoms with Crippen LogP contribution in [-0.4, -0.2) is 74.5 Å². The van der Waals surface area contributed by atoms with Crippen molar-refractivity contribution in [1.82, 2.24) is 15.0 Å². The van der Waals surface area contributed by atoms with Crippen LogP contribution in [0.15, 0.2) is 36.5 Å². The summed E-state index contributed by atoms with van der Waals surface area (Å²) in [6, 6.07) is 4.84. The highest BCUT2D eigenvalue weighted by Crippen LogP contribution is 2.46. The molecule has 1 aromatic heterocycles. The van der Waals surface area contributed by atoms with Crippen molar-refractivity contribution in [2.45, 2.75) is 64.2 Å². The summed E-state index contributed by atoms with van der Waals surface area (Å²) >= 11 is 0. The summed E-state index contributed by atoms with van der Waals surface area (Å²) in [5.41, 5.74) is 0.0316. The molecule has 2 aromatic rings. The predicted molar refractivity (Wildman–Crippen MR) is 143 cm³/mol. The molecule has 3 rings (SSSR count). The zero-order chi connectivity index (χ0) is 28.6. The van der Waals surface area contributed by atoms with Gasteiger partial charge in [0.25, 0.3) is 11.8 Å². The number of amides is 2. The smallest absolute Gasteiger partial charge is 0.305 e. The number of nitrogens with one attached hydrogen (secondary N) is 1. The number of esters is 1. The number of hydrogen-bond donors (Lipinski definition) is 4. The number of aliphatic hydroxyl groups is 3. The van der Waals surface area contributed by atoms with Crippen molar-refractivity contribution in [3.63, 3.8) is 0 Å². The molecule has 0 bridgehead atoms. The first-order valence-corrected chi connectivity index (χ1v) is 13.0. The van der Waals surface area contributed by atoms with Crippen molar-refractivity contribution in [3.8, 4) is 0 Å². The van der Waals surface area contributed by atoms with Crippen LogP contribution in [0.25, 0.3) is 0 Å². The number of benzene rings is 1. The summed E-state index contributed by atoms with van der Waals surface area (Å²) < 4.78 is 6.34. The standard InChI is InChI=1S/C27H37N5O7/c1-18(8-4-6-13-31-17-21(12-15-33)29-30-31)27(38)22-16-20(28-25(36)19(2)34)10-11-23(22)32(26(27)37)14-7-5-9-24(35)39-3/h4,8,10-11,16-19,33-34,38H,5-7,9,12-15H2,1-3H3,(H,28,36)/b8-4+/t18-,19-,27+/m0/s1. The molecule has 0 aliphatic carbocycles. The van der Waals surface area contributed by atoms with E-state index in [9.17, 15) is 24.6 Å². The molecule has 39 heavy (non-hydrogen) atoms. The second-order valence-electron chi connectivity index (χ2n) is 9.61. The van der Waals surface area contributed by atoms with Crippen molar-refractivity contribution < 1.29 is 34.4 Å². The number of nitrogens with zero attached hydrogens (tertiary/aromatic N) is 4. The Labute approximate surface area is 227 Å². The van der Waals surface area contributed by atoms with Gasteiger partial charge in [-0.15, -0.1) is 5.10 Å². The van der Waals surface area contributed by atoms with Crippen molar-refractivity contribution in [3.05, 3.63) is 47.8 Å². The molecular formula is C27H37N5O7. The summed E-state index contributed by atoms with van der Waals surface area (Å²) in [5, 5.41) is 41.1. The largest absolute Gasteiger partial charge is 0.469 e. The van der Waals surface area contributed by atoms with Gasteiger partial charge in [-0.3, -0.25) is 19.1 Å². The monoisotopic (exact) mass is 543 g/mol. The number of allylic oxidation sites excluding steroid dienone is 1. The molecule has 212 valence electrons. The van der Waals surface area contributed by atoms with Crippen LogP contribution in [0, 0.1) is 5.92 Å². The molecule has 2 heterocycles. The van der Waals surface area contributed by atoms with E-state index in [4.69, 9.17) is 5.11 Å². The van der Waals surface area contributed by atoms with E-state index in [1.54, 1.807) is 42.1 Å². The fraction of sp³-hybridized carbons (Fsp3) is 0.519. The SMILES string of the molecule is COC(=O)CCCCN1C(=O)[C@@](O)([C@@H](C)/C=C/CCn2cc(CCO)nn2)c2cc(NC(=O)[C@H](C)O)ccc21. The summed E-state index contributed by atoms with van der Waals surface area (Å²) in [4.78, 5) is 38.7. The van der Waals surface area contributed by atoms with Crippen LogP contribution in [0.1, 0.15) is 50.8 Å². The number of ether oxygens (including phenoxy) is 1. The molecule has 12 heteroatoms. The van der Waals surface area contributed by atoms with Gasteiger partial charge in [0.2, 0.25) is 0 Å². The number of hydrogen-bond acceptors (Lipinski definition) is 9. The van der Waals surface area contributed by atoms with Crippen molar-refractivity contribution >= 4 is 29.2 Å². The number of rotatable bonds is 14. The topological polar surface area (TPSA) is 167 Å². The van der Waals surface area contributed by atoms with Crippen LogP contribution in [0.5, 0.6) is 0 Å². The second-order valence-corrected chi connectivity index (χ2v) is 9.61. The first-order chi connectivity index (χ1) is 18.6. The maximum Gasteiger partial charge on any atom is 0.305 e. The number of unbranched alkanes of at least 4 members (excludes halogenated alkanes) is 1. The van der Waals surface area contributed by atoms with E-state index >= 15 is 0 Å². The van der Waals surface area contributed by atoms with Crippen LogP contribution < -0.4 is 10.2 Å². The molecule has 1 aromatic carbocycles. The van der Waals surface area contributed by atoms with E-state index in [-0.39, 0.29) is 19.0 Å². The van der Waals surface area contributed by atoms with Crippen molar-refractivity contribution in [2.75, 3.05) is 30.5 Å². The summed E-state index contributed by atoms with van der Waals surface area (Å²) in [5.74, 6) is -2.04. The van der Waals surface area contributed by atoms with Gasteiger partial charge in [-0.05, 0) is 44.4 Å². The Balaban J connectivity index is 1.79. The zero-order valence-corrected chi connectivity index (χ0v) is 22.5. The van der Waals surface area contributed by atoms with Gasteiger partial charge in [-0.25, -0.2) is 0 Å². The van der Waals surface area contributed by atoms with Crippen LogP contribution in [0.3, 0.4) is 0 Å². The number of aliphatic hydroxyl groups excluding tert-OH is 2. The van der Waals surface area contributed by atoms with Gasteiger partial charge < -0.3 is 30.3 Å². The molecule has 1 aliphatic rings. The van der Waals surface area contributed by atoms with E-state index in [1.807, 2.05) is 6.08 Å². The molecule has 0 unspecified atom stereocenters. The maximum atomic E-state index is 13.7. The Morgan fingerprint density at radius 2 is 2.00 bits per heavy atom. The number of methoxy groups -OCH3 is 1. The van der Waals surface area contributed by atoms with E-state index in [0.717, 1.165) is 0 Å². The van der Waals surface area contributed by atoms with Gasteiger partial charge in [-0.1, -0.05) is 24.3 Å². The molecule has 0 saturated carbocycles. The number of aromatic nitrogens is 3. The van der Waals surface area contributed by atoms with Crippen molar-refractivity contribution in [2.24, 2.45) is 5.92 Å². The lowest BCUT2D eigenvalue weighted by atomic mass is 9.82. The Hall–Kier alpha value is -3.61. The lowest BCUT2D eigenvalue weighted by Gasteiger charge is -2.28. The quantitative estimate of drug-likeness (QED) is 0.156. The number of carbonyl (C=O) groups is 3. The highest BCUT2D eigenvalue weighted by molar-refractivity contribution is 6.08. The summed E-state index contributed by atoms with van der Waals surface area (Å²) in [6.07, 6.45) is 6.45. The van der Waals surface area contributed by atoms with Crippen LogP contribution in [0.2, 0.25) is 0 Å². The third-order valence-electron chi connectivity index (χ3n) is 6.72. The highest BCUT2D eigenvalue weighted by atomic mass is 16.5. The number of carbonyl (C=O) groups excluding carboxylic acids is 3. The van der Waals surface area contributed by atoms with Crippen molar-refractivity contribution in [1.29, 1.82) is 0 Å². The minimum absolute atomic E-state index is 0.00306. The highest BCUT2D eigenvalue weighted by Gasteiger charge is 2.52. The average molecular weight is 544 g/mol. The van der Waals surface area contributed by atoms with E-state index in [2.05, 4.69) is 20.4 Å². The van der Waals surface area contributed by atoms with Gasteiger partial charge in [0.15, 0.2) is 5.60 Å². The minimum atomic E-state index is -1.89. The molecule has 0 radical (unpaired) electrons. The normalized spacial score (nSPS) is 18.3. The summed E-state index contributed by atoms with van der Waals surface area (Å²) in [7, 11) is 1.33. The molecule has 0 spiro atoms. The Morgan fingerprint density at radius 3 is 2.69 bits per heavy atom. The van der Waals surface area contributed by atoms with Gasteiger partial charge in [0, 0.05) is 55.9 Å². The van der Waals surface area contributed by atoms with Gasteiger partial charge in [0.05, 0.1) is 18.5 Å². The molecule has 2 amide bonds. The first-order valence-electron chi connectivity index (χ1n) is 13.0. The van der Waals surface area contributed by atoms with E-state index in [0.29, 0.717) is 61.4 Å². The third kappa shape index (κ3) is 7.08. The van der Waals surface area contributed by atoms with Gasteiger partial charge in [0.1, 0.15) is 6.10 Å². The Bertz CT molecular complexity index is 1190. The lowest BCUT2D eigenvalue weighted by molar-refractivity contribution is -0.140. The van der Waals surface area contributed by atoms with Crippen LogP contribution >= 0.6 is 0 Å². The maximum absolute atomic E-state index is 13.7. The average Bonchev–Trinajstić information content (AvgIpc) is 3.45. The molecule has 0 saturated heterocycles.